The maximum absolute atomic E-state index is 13.9. The van der Waals surface area contributed by atoms with E-state index in [0.717, 1.165) is 42.5 Å². The number of hydrogen-bond donors (Lipinski definition) is 1. The first-order valence-corrected chi connectivity index (χ1v) is 12.8. The van der Waals surface area contributed by atoms with E-state index in [-0.39, 0.29) is 17.9 Å². The number of hydrogen-bond acceptors (Lipinski definition) is 5. The minimum absolute atomic E-state index is 0.0946. The molecule has 0 bridgehead atoms. The second kappa shape index (κ2) is 9.56. The Bertz CT molecular complexity index is 1290. The van der Waals surface area contributed by atoms with Gasteiger partial charge in [0.15, 0.2) is 17.1 Å². The molecule has 1 aliphatic heterocycles. The Morgan fingerprint density at radius 1 is 1.11 bits per heavy atom. The molecule has 1 atom stereocenters. The maximum Gasteiger partial charge on any atom is 0.271 e. The molecule has 1 unspecified atom stereocenters. The standard InChI is InChI=1S/C28H35N3O5/c1-18-14-21-24(36-18)16-22-26(32)31(13-12-19-10-11-23(34-3)25(15-19)35-4)28(2,17-30(21)22)27(33)29-20-8-6-5-7-9-20/h10-11,14-16,20H,5-9,12-13,17H2,1-4H3,(H,29,33). The van der Waals surface area contributed by atoms with E-state index in [1.807, 2.05) is 42.7 Å². The molecule has 0 spiro atoms. The fourth-order valence-corrected chi connectivity index (χ4v) is 5.68. The van der Waals surface area contributed by atoms with Crippen LogP contribution in [0.15, 0.2) is 34.7 Å². The SMILES string of the molecule is COc1ccc(CCN2C(=O)c3cc4oc(C)cc4n3CC2(C)C(=O)NC2CCCCC2)cc1OC. The van der Waals surface area contributed by atoms with Gasteiger partial charge < -0.3 is 28.7 Å². The number of ether oxygens (including phenoxy) is 2. The molecule has 1 aromatic carbocycles. The lowest BCUT2D eigenvalue weighted by molar-refractivity contribution is -0.133. The lowest BCUT2D eigenvalue weighted by Gasteiger charge is -2.45. The van der Waals surface area contributed by atoms with Crippen molar-refractivity contribution in [3.05, 3.63) is 47.3 Å². The van der Waals surface area contributed by atoms with Crippen LogP contribution in [0.4, 0.5) is 0 Å². The van der Waals surface area contributed by atoms with Crippen molar-refractivity contribution in [2.75, 3.05) is 20.8 Å². The van der Waals surface area contributed by atoms with Gasteiger partial charge in [0.05, 0.1) is 26.3 Å². The average molecular weight is 494 g/mol. The number of benzene rings is 1. The third-order valence-electron chi connectivity index (χ3n) is 7.74. The highest BCUT2D eigenvalue weighted by atomic mass is 16.5. The summed E-state index contributed by atoms with van der Waals surface area (Å²) in [6.07, 6.45) is 6.02. The van der Waals surface area contributed by atoms with Crippen LogP contribution in [0, 0.1) is 6.92 Å². The first kappa shape index (κ1) is 24.3. The number of furan rings is 1. The van der Waals surface area contributed by atoms with Gasteiger partial charge in [-0.3, -0.25) is 9.59 Å². The quantitative estimate of drug-likeness (QED) is 0.525. The molecular formula is C28H35N3O5. The molecule has 5 rings (SSSR count). The van der Waals surface area contributed by atoms with Crippen molar-refractivity contribution >= 4 is 22.9 Å². The minimum atomic E-state index is -1.03. The van der Waals surface area contributed by atoms with Gasteiger partial charge in [-0.05, 0) is 50.8 Å². The number of rotatable bonds is 7. The zero-order valence-electron chi connectivity index (χ0n) is 21.6. The second-order valence-electron chi connectivity index (χ2n) is 10.2. The van der Waals surface area contributed by atoms with Crippen molar-refractivity contribution in [1.82, 2.24) is 14.8 Å². The molecule has 0 saturated heterocycles. The average Bonchev–Trinajstić information content (AvgIpc) is 3.40. The number of aromatic nitrogens is 1. The van der Waals surface area contributed by atoms with E-state index in [9.17, 15) is 9.59 Å². The van der Waals surface area contributed by atoms with E-state index < -0.39 is 5.54 Å². The molecule has 2 aromatic heterocycles. The second-order valence-corrected chi connectivity index (χ2v) is 10.2. The first-order valence-electron chi connectivity index (χ1n) is 12.8. The predicted molar refractivity (Wildman–Crippen MR) is 137 cm³/mol. The van der Waals surface area contributed by atoms with Gasteiger partial charge in [0.2, 0.25) is 5.91 Å². The molecule has 2 amide bonds. The van der Waals surface area contributed by atoms with Gasteiger partial charge in [0, 0.05) is 24.7 Å². The van der Waals surface area contributed by atoms with Crippen molar-refractivity contribution in [2.45, 2.75) is 70.5 Å². The Hall–Kier alpha value is -3.42. The fraction of sp³-hybridized carbons (Fsp3) is 0.500. The van der Waals surface area contributed by atoms with Crippen molar-refractivity contribution in [2.24, 2.45) is 0 Å². The van der Waals surface area contributed by atoms with Crippen LogP contribution in [0.2, 0.25) is 0 Å². The summed E-state index contributed by atoms with van der Waals surface area (Å²) < 4.78 is 18.6. The predicted octanol–water partition coefficient (Wildman–Crippen LogP) is 4.47. The van der Waals surface area contributed by atoms with E-state index in [1.165, 1.54) is 6.42 Å². The van der Waals surface area contributed by atoms with E-state index >= 15 is 0 Å². The topological polar surface area (TPSA) is 85.9 Å². The zero-order valence-corrected chi connectivity index (χ0v) is 21.6. The summed E-state index contributed by atoms with van der Waals surface area (Å²) in [6.45, 7) is 4.55. The number of nitrogens with zero attached hydrogens (tertiary/aromatic N) is 2. The molecule has 1 N–H and O–H groups in total. The van der Waals surface area contributed by atoms with Gasteiger partial charge in [0.1, 0.15) is 17.0 Å². The van der Waals surface area contributed by atoms with E-state index in [4.69, 9.17) is 13.9 Å². The molecule has 0 radical (unpaired) electrons. The van der Waals surface area contributed by atoms with Gasteiger partial charge in [-0.1, -0.05) is 25.3 Å². The lowest BCUT2D eigenvalue weighted by Crippen LogP contribution is -2.65. The molecule has 3 heterocycles. The van der Waals surface area contributed by atoms with Crippen LogP contribution in [-0.4, -0.2) is 53.6 Å². The van der Waals surface area contributed by atoms with Crippen molar-refractivity contribution in [3.63, 3.8) is 0 Å². The van der Waals surface area contributed by atoms with Crippen molar-refractivity contribution < 1.29 is 23.5 Å². The summed E-state index contributed by atoms with van der Waals surface area (Å²) in [4.78, 5) is 29.4. The van der Waals surface area contributed by atoms with Crippen LogP contribution in [-0.2, 0) is 17.8 Å². The molecule has 3 aromatic rings. The van der Waals surface area contributed by atoms with Crippen LogP contribution in [0.1, 0.15) is 60.8 Å². The highest BCUT2D eigenvalue weighted by Crippen LogP contribution is 2.35. The summed E-state index contributed by atoms with van der Waals surface area (Å²) in [5, 5.41) is 3.28. The third-order valence-corrected chi connectivity index (χ3v) is 7.74. The zero-order chi connectivity index (χ0) is 25.4. The molecule has 2 aliphatic rings. The summed E-state index contributed by atoms with van der Waals surface area (Å²) in [5.41, 5.74) is 2.05. The number of amides is 2. The smallest absolute Gasteiger partial charge is 0.271 e. The van der Waals surface area contributed by atoms with Crippen LogP contribution >= 0.6 is 0 Å². The molecule has 192 valence electrons. The van der Waals surface area contributed by atoms with Gasteiger partial charge in [0.25, 0.3) is 5.91 Å². The Balaban J connectivity index is 1.47. The van der Waals surface area contributed by atoms with Crippen molar-refractivity contribution in [1.29, 1.82) is 0 Å². The highest BCUT2D eigenvalue weighted by molar-refractivity contribution is 6.03. The summed E-state index contributed by atoms with van der Waals surface area (Å²) in [7, 11) is 3.21. The first-order chi connectivity index (χ1) is 17.3. The largest absolute Gasteiger partial charge is 0.493 e. The summed E-state index contributed by atoms with van der Waals surface area (Å²) in [6, 6.07) is 9.65. The fourth-order valence-electron chi connectivity index (χ4n) is 5.68. The number of aryl methyl sites for hydroxylation is 1. The molecule has 1 aliphatic carbocycles. The third kappa shape index (κ3) is 4.22. The number of fused-ring (bicyclic) bond motifs is 3. The Kier molecular flexibility index (Phi) is 6.45. The molecule has 8 heteroatoms. The van der Waals surface area contributed by atoms with Gasteiger partial charge >= 0.3 is 0 Å². The van der Waals surface area contributed by atoms with Crippen LogP contribution in [0.5, 0.6) is 11.5 Å². The van der Waals surface area contributed by atoms with Crippen LogP contribution in [0.25, 0.3) is 11.1 Å². The highest BCUT2D eigenvalue weighted by Gasteiger charge is 2.48. The van der Waals surface area contributed by atoms with E-state index in [0.29, 0.717) is 42.3 Å². The minimum Gasteiger partial charge on any atom is -0.493 e. The van der Waals surface area contributed by atoms with Gasteiger partial charge in [-0.2, -0.15) is 0 Å². The van der Waals surface area contributed by atoms with Gasteiger partial charge in [-0.25, -0.2) is 0 Å². The van der Waals surface area contributed by atoms with E-state index in [1.54, 1.807) is 25.2 Å². The molecule has 8 nitrogen and oxygen atoms in total. The number of carbonyl (C=O) groups is 2. The monoisotopic (exact) mass is 493 g/mol. The lowest BCUT2D eigenvalue weighted by atomic mass is 9.91. The normalized spacial score (nSPS) is 20.4. The molecule has 1 saturated carbocycles. The molecular weight excluding hydrogens is 458 g/mol. The number of methoxy groups -OCH3 is 2. The Labute approximate surface area is 211 Å². The van der Waals surface area contributed by atoms with Gasteiger partial charge in [-0.15, -0.1) is 0 Å². The summed E-state index contributed by atoms with van der Waals surface area (Å²) >= 11 is 0. The van der Waals surface area contributed by atoms with E-state index in [2.05, 4.69) is 5.32 Å². The summed E-state index contributed by atoms with van der Waals surface area (Å²) in [5.74, 6) is 1.83. The maximum atomic E-state index is 13.9. The Morgan fingerprint density at radius 3 is 2.58 bits per heavy atom. The van der Waals surface area contributed by atoms with Crippen molar-refractivity contribution in [3.8, 4) is 11.5 Å². The van der Waals surface area contributed by atoms with Crippen LogP contribution in [0.3, 0.4) is 0 Å². The number of nitrogens with one attached hydrogen (secondary N) is 1. The Morgan fingerprint density at radius 2 is 1.86 bits per heavy atom. The molecule has 1 fully saturated rings. The van der Waals surface area contributed by atoms with Crippen LogP contribution < -0.4 is 14.8 Å². The number of carbonyl (C=O) groups excluding carboxylic acids is 2. The molecule has 36 heavy (non-hydrogen) atoms.